The number of ether oxygens (including phenoxy) is 1. The van der Waals surface area contributed by atoms with Crippen molar-refractivity contribution in [2.45, 2.75) is 32.2 Å². The van der Waals surface area contributed by atoms with Crippen LogP contribution in [0, 0.1) is 0 Å². The van der Waals surface area contributed by atoms with Crippen LogP contribution in [0.3, 0.4) is 0 Å². The van der Waals surface area contributed by atoms with Gasteiger partial charge in [-0.05, 0) is 29.5 Å². The van der Waals surface area contributed by atoms with E-state index in [9.17, 15) is 4.79 Å². The third kappa shape index (κ3) is 5.20. The predicted molar refractivity (Wildman–Crippen MR) is 119 cm³/mol. The molecule has 0 aliphatic carbocycles. The van der Waals surface area contributed by atoms with E-state index in [1.54, 1.807) is 13.3 Å². The first kappa shape index (κ1) is 21.4. The van der Waals surface area contributed by atoms with Crippen LogP contribution in [0.1, 0.15) is 48.3 Å². The van der Waals surface area contributed by atoms with Crippen LogP contribution in [0.2, 0.25) is 0 Å². The minimum absolute atomic E-state index is 0.243. The zero-order chi connectivity index (χ0) is 21.5. The van der Waals surface area contributed by atoms with Crippen LogP contribution in [0.4, 0.5) is 4.79 Å². The number of nitrogens with one attached hydrogen (secondary N) is 2. The molecule has 3 rings (SSSR count). The van der Waals surface area contributed by atoms with Crippen molar-refractivity contribution in [1.82, 2.24) is 20.2 Å². The van der Waals surface area contributed by atoms with Crippen LogP contribution in [0.25, 0.3) is 0 Å². The second kappa shape index (κ2) is 9.96. The number of rotatable bonds is 8. The van der Waals surface area contributed by atoms with E-state index in [0.717, 1.165) is 17.8 Å². The molecule has 0 aliphatic rings. The molecule has 2 aromatic carbocycles. The van der Waals surface area contributed by atoms with Gasteiger partial charge in [-0.1, -0.05) is 56.3 Å². The van der Waals surface area contributed by atoms with E-state index in [2.05, 4.69) is 53.7 Å². The Morgan fingerprint density at radius 3 is 2.50 bits per heavy atom. The Morgan fingerprint density at radius 2 is 1.87 bits per heavy atom. The van der Waals surface area contributed by atoms with Crippen molar-refractivity contribution in [2.75, 3.05) is 13.7 Å². The molecule has 1 aromatic heterocycles. The normalized spacial score (nSPS) is 11.9. The largest absolute Gasteiger partial charge is 0.496 e. The van der Waals surface area contributed by atoms with Crippen molar-refractivity contribution in [3.05, 3.63) is 83.4 Å². The van der Waals surface area contributed by atoms with Gasteiger partial charge in [0, 0.05) is 31.5 Å². The second-order valence-corrected chi connectivity index (χ2v) is 7.62. The van der Waals surface area contributed by atoms with E-state index in [1.165, 1.54) is 11.1 Å². The molecule has 2 N–H and O–H groups in total. The Labute approximate surface area is 178 Å². The number of hydrogen-bond donors (Lipinski definition) is 2. The summed E-state index contributed by atoms with van der Waals surface area (Å²) < 4.78 is 7.40. The standard InChI is InChI=1S/C24H30N4O2/c1-17(2)19-11-9-18(10-12-19)13-14-26-24(29)27-22(23-25-15-16-28(23)3)20-7-5-6-8-21(20)30-4/h5-12,15-17,22H,13-14H2,1-4H3,(H2,26,27,29)/t22-/m0/s1. The van der Waals surface area contributed by atoms with Gasteiger partial charge in [0.05, 0.1) is 7.11 Å². The number of amides is 2. The van der Waals surface area contributed by atoms with Crippen molar-refractivity contribution >= 4 is 6.03 Å². The quantitative estimate of drug-likeness (QED) is 0.590. The fraction of sp³-hybridized carbons (Fsp3) is 0.333. The highest BCUT2D eigenvalue weighted by atomic mass is 16.5. The van der Waals surface area contributed by atoms with Crippen LogP contribution in [0.15, 0.2) is 60.9 Å². The number of imidazole rings is 1. The van der Waals surface area contributed by atoms with Crippen molar-refractivity contribution in [3.8, 4) is 5.75 Å². The maximum Gasteiger partial charge on any atom is 0.315 e. The number of hydrogen-bond acceptors (Lipinski definition) is 3. The Balaban J connectivity index is 1.66. The summed E-state index contributed by atoms with van der Waals surface area (Å²) in [6.45, 7) is 4.91. The highest BCUT2D eigenvalue weighted by molar-refractivity contribution is 5.75. The molecule has 0 unspecified atom stereocenters. The van der Waals surface area contributed by atoms with Crippen LogP contribution < -0.4 is 15.4 Å². The number of nitrogens with zero attached hydrogens (tertiary/aromatic N) is 2. The molecular formula is C24H30N4O2. The number of methoxy groups -OCH3 is 1. The number of urea groups is 1. The highest BCUT2D eigenvalue weighted by Crippen LogP contribution is 2.28. The van der Waals surface area contributed by atoms with E-state index >= 15 is 0 Å². The number of para-hydroxylation sites is 1. The fourth-order valence-electron chi connectivity index (χ4n) is 3.41. The first-order valence-corrected chi connectivity index (χ1v) is 10.2. The summed E-state index contributed by atoms with van der Waals surface area (Å²) in [6, 6.07) is 15.5. The minimum Gasteiger partial charge on any atom is -0.496 e. The van der Waals surface area contributed by atoms with Gasteiger partial charge in [0.2, 0.25) is 0 Å². The summed E-state index contributed by atoms with van der Waals surface area (Å²) in [4.78, 5) is 17.1. The number of aromatic nitrogens is 2. The Bertz CT molecular complexity index is 963. The van der Waals surface area contributed by atoms with Crippen molar-refractivity contribution in [2.24, 2.45) is 7.05 Å². The molecule has 0 saturated heterocycles. The molecular weight excluding hydrogens is 376 g/mol. The van der Waals surface area contributed by atoms with E-state index in [1.807, 2.05) is 42.1 Å². The maximum absolute atomic E-state index is 12.7. The molecule has 0 bridgehead atoms. The number of aryl methyl sites for hydroxylation is 1. The summed E-state index contributed by atoms with van der Waals surface area (Å²) >= 11 is 0. The minimum atomic E-state index is -0.425. The van der Waals surface area contributed by atoms with E-state index in [0.29, 0.717) is 18.2 Å². The molecule has 0 saturated carbocycles. The van der Waals surface area contributed by atoms with Crippen LogP contribution in [0.5, 0.6) is 5.75 Å². The second-order valence-electron chi connectivity index (χ2n) is 7.62. The summed E-state index contributed by atoms with van der Waals surface area (Å²) in [5, 5.41) is 6.01. The Hall–Kier alpha value is -3.28. The topological polar surface area (TPSA) is 68.2 Å². The fourth-order valence-corrected chi connectivity index (χ4v) is 3.41. The lowest BCUT2D eigenvalue weighted by Gasteiger charge is -2.21. The SMILES string of the molecule is COc1ccccc1[C@H](NC(=O)NCCc1ccc(C(C)C)cc1)c1nccn1C. The maximum atomic E-state index is 12.7. The zero-order valence-electron chi connectivity index (χ0n) is 18.1. The third-order valence-electron chi connectivity index (χ3n) is 5.19. The van der Waals surface area contributed by atoms with Gasteiger partial charge in [-0.25, -0.2) is 9.78 Å². The highest BCUT2D eigenvalue weighted by Gasteiger charge is 2.23. The molecule has 3 aromatic rings. The molecule has 0 spiro atoms. The molecule has 1 atom stereocenters. The van der Waals surface area contributed by atoms with Crippen molar-refractivity contribution in [3.63, 3.8) is 0 Å². The lowest BCUT2D eigenvalue weighted by Crippen LogP contribution is -2.40. The van der Waals surface area contributed by atoms with Crippen molar-refractivity contribution < 1.29 is 9.53 Å². The van der Waals surface area contributed by atoms with Gasteiger partial charge >= 0.3 is 6.03 Å². The Kier molecular flexibility index (Phi) is 7.12. The summed E-state index contributed by atoms with van der Waals surface area (Å²) in [7, 11) is 3.53. The van der Waals surface area contributed by atoms with Gasteiger partial charge in [-0.15, -0.1) is 0 Å². The lowest BCUT2D eigenvalue weighted by molar-refractivity contribution is 0.238. The number of benzene rings is 2. The molecule has 30 heavy (non-hydrogen) atoms. The number of carbonyl (C=O) groups excluding carboxylic acids is 1. The molecule has 1 heterocycles. The molecule has 6 nitrogen and oxygen atoms in total. The molecule has 0 aliphatic heterocycles. The summed E-state index contributed by atoms with van der Waals surface area (Å²) in [5.41, 5.74) is 3.37. The predicted octanol–water partition coefficient (Wildman–Crippen LogP) is 4.18. The first-order valence-electron chi connectivity index (χ1n) is 10.2. The van der Waals surface area contributed by atoms with Gasteiger partial charge in [0.25, 0.3) is 0 Å². The summed E-state index contributed by atoms with van der Waals surface area (Å²) in [6.07, 6.45) is 4.35. The van der Waals surface area contributed by atoms with Gasteiger partial charge in [0.15, 0.2) is 0 Å². The Morgan fingerprint density at radius 1 is 1.13 bits per heavy atom. The van der Waals surface area contributed by atoms with E-state index in [4.69, 9.17) is 4.74 Å². The lowest BCUT2D eigenvalue weighted by atomic mass is 10.0. The van der Waals surface area contributed by atoms with Crippen molar-refractivity contribution in [1.29, 1.82) is 0 Å². The third-order valence-corrected chi connectivity index (χ3v) is 5.19. The van der Waals surface area contributed by atoms with E-state index in [-0.39, 0.29) is 6.03 Å². The molecule has 0 radical (unpaired) electrons. The van der Waals surface area contributed by atoms with Gasteiger partial charge in [-0.3, -0.25) is 0 Å². The smallest absolute Gasteiger partial charge is 0.315 e. The average molecular weight is 407 g/mol. The van der Waals surface area contributed by atoms with Crippen LogP contribution >= 0.6 is 0 Å². The monoisotopic (exact) mass is 406 g/mol. The molecule has 6 heteroatoms. The van der Waals surface area contributed by atoms with E-state index < -0.39 is 6.04 Å². The molecule has 158 valence electrons. The summed E-state index contributed by atoms with van der Waals surface area (Å²) in [5.74, 6) is 1.95. The van der Waals surface area contributed by atoms with Gasteiger partial charge < -0.3 is 19.9 Å². The van der Waals surface area contributed by atoms with Crippen LogP contribution in [-0.2, 0) is 13.5 Å². The number of carbonyl (C=O) groups is 1. The van der Waals surface area contributed by atoms with Gasteiger partial charge in [0.1, 0.15) is 17.6 Å². The molecule has 2 amide bonds. The first-order chi connectivity index (χ1) is 14.5. The van der Waals surface area contributed by atoms with Gasteiger partial charge in [-0.2, -0.15) is 0 Å². The van der Waals surface area contributed by atoms with Crippen LogP contribution in [-0.4, -0.2) is 29.2 Å². The average Bonchev–Trinajstić information content (AvgIpc) is 3.18. The zero-order valence-corrected chi connectivity index (χ0v) is 18.1. The molecule has 0 fully saturated rings.